The van der Waals surface area contributed by atoms with E-state index in [0.29, 0.717) is 5.82 Å². The molecule has 0 saturated carbocycles. The van der Waals surface area contributed by atoms with Crippen molar-refractivity contribution in [2.75, 3.05) is 23.3 Å². The van der Waals surface area contributed by atoms with Crippen molar-refractivity contribution in [3.8, 4) is 0 Å². The van der Waals surface area contributed by atoms with Crippen LogP contribution in [0.15, 0.2) is 24.8 Å². The lowest BCUT2D eigenvalue weighted by molar-refractivity contribution is 0.101. The molecular weight excluding hydrogens is 318 g/mol. The van der Waals surface area contributed by atoms with E-state index >= 15 is 0 Å². The summed E-state index contributed by atoms with van der Waals surface area (Å²) in [5, 5.41) is 2.75. The summed E-state index contributed by atoms with van der Waals surface area (Å²) in [6.45, 7) is 5.81. The second kappa shape index (κ2) is 6.12. The molecule has 1 aliphatic rings. The number of imidazole rings is 1. The summed E-state index contributed by atoms with van der Waals surface area (Å²) >= 11 is 0. The second-order valence-corrected chi connectivity index (χ2v) is 6.24. The lowest BCUT2D eigenvalue weighted by Crippen LogP contribution is -2.20. The Morgan fingerprint density at radius 2 is 1.80 bits per heavy atom. The zero-order valence-electron chi connectivity index (χ0n) is 14.2. The average Bonchev–Trinajstić information content (AvgIpc) is 3.24. The van der Waals surface area contributed by atoms with Crippen LogP contribution in [0.2, 0.25) is 0 Å². The first kappa shape index (κ1) is 15.5. The van der Waals surface area contributed by atoms with Gasteiger partial charge >= 0.3 is 0 Å². The van der Waals surface area contributed by atoms with Crippen LogP contribution >= 0.6 is 0 Å². The number of carbonyl (C=O) groups is 1. The molecule has 1 saturated heterocycles. The molecule has 4 heterocycles. The van der Waals surface area contributed by atoms with Crippen LogP contribution in [-0.2, 0) is 0 Å². The van der Waals surface area contributed by atoms with Crippen molar-refractivity contribution in [3.05, 3.63) is 42.0 Å². The number of hydrogen-bond donors (Lipinski definition) is 1. The minimum atomic E-state index is -0.379. The molecule has 25 heavy (non-hydrogen) atoms. The van der Waals surface area contributed by atoms with Crippen LogP contribution in [0.1, 0.15) is 34.8 Å². The van der Waals surface area contributed by atoms with Gasteiger partial charge in [-0.25, -0.2) is 19.9 Å². The summed E-state index contributed by atoms with van der Waals surface area (Å²) in [5.74, 6) is 0.194. The Hall–Kier alpha value is -3.03. The van der Waals surface area contributed by atoms with E-state index in [2.05, 4.69) is 30.2 Å². The highest BCUT2D eigenvalue weighted by atomic mass is 16.2. The molecule has 1 N–H and O–H groups in total. The SMILES string of the molecule is Cc1cn2cc(NC(=O)c3ncc(N4CCCC4)cn3)nc(C)c2n1. The van der Waals surface area contributed by atoms with Gasteiger partial charge < -0.3 is 14.6 Å². The zero-order valence-corrected chi connectivity index (χ0v) is 14.2. The number of nitrogens with zero attached hydrogens (tertiary/aromatic N) is 6. The number of aryl methyl sites for hydroxylation is 2. The molecule has 0 bridgehead atoms. The third-order valence-electron chi connectivity index (χ3n) is 4.28. The van der Waals surface area contributed by atoms with Crippen molar-refractivity contribution < 1.29 is 4.79 Å². The Labute approximate surface area is 145 Å². The highest BCUT2D eigenvalue weighted by molar-refractivity contribution is 6.00. The van der Waals surface area contributed by atoms with Crippen LogP contribution in [0.25, 0.3) is 5.65 Å². The summed E-state index contributed by atoms with van der Waals surface area (Å²) in [7, 11) is 0. The van der Waals surface area contributed by atoms with Crippen molar-refractivity contribution in [2.24, 2.45) is 0 Å². The monoisotopic (exact) mass is 337 g/mol. The predicted molar refractivity (Wildman–Crippen MR) is 93.9 cm³/mol. The smallest absolute Gasteiger partial charge is 0.294 e. The molecule has 0 aliphatic carbocycles. The number of anilines is 2. The minimum Gasteiger partial charge on any atom is -0.369 e. The largest absolute Gasteiger partial charge is 0.369 e. The fourth-order valence-electron chi connectivity index (χ4n) is 3.08. The topological polar surface area (TPSA) is 88.3 Å². The molecule has 0 aromatic carbocycles. The van der Waals surface area contributed by atoms with Gasteiger partial charge in [-0.2, -0.15) is 0 Å². The molecule has 128 valence electrons. The maximum atomic E-state index is 12.4. The fourth-order valence-corrected chi connectivity index (χ4v) is 3.08. The molecule has 1 aliphatic heterocycles. The first-order chi connectivity index (χ1) is 12.1. The quantitative estimate of drug-likeness (QED) is 0.786. The number of fused-ring (bicyclic) bond motifs is 1. The van der Waals surface area contributed by atoms with Crippen LogP contribution in [0.5, 0.6) is 0 Å². The number of hydrogen-bond acceptors (Lipinski definition) is 6. The van der Waals surface area contributed by atoms with E-state index in [-0.39, 0.29) is 11.7 Å². The van der Waals surface area contributed by atoms with E-state index in [4.69, 9.17) is 0 Å². The van der Waals surface area contributed by atoms with Gasteiger partial charge in [-0.1, -0.05) is 0 Å². The van der Waals surface area contributed by atoms with Gasteiger partial charge in [0, 0.05) is 19.3 Å². The normalized spacial score (nSPS) is 14.2. The average molecular weight is 337 g/mol. The molecule has 3 aromatic heterocycles. The van der Waals surface area contributed by atoms with Crippen molar-refractivity contribution in [3.63, 3.8) is 0 Å². The minimum absolute atomic E-state index is 0.129. The van der Waals surface area contributed by atoms with Crippen LogP contribution in [0.3, 0.4) is 0 Å². The van der Waals surface area contributed by atoms with E-state index < -0.39 is 0 Å². The fraction of sp³-hybridized carbons (Fsp3) is 0.353. The number of nitrogens with one attached hydrogen (secondary N) is 1. The van der Waals surface area contributed by atoms with Gasteiger partial charge in [0.05, 0.1) is 35.7 Å². The molecule has 1 amide bonds. The Morgan fingerprint density at radius 1 is 1.08 bits per heavy atom. The number of amides is 1. The summed E-state index contributed by atoms with van der Waals surface area (Å²) < 4.78 is 1.85. The Bertz CT molecular complexity index is 926. The second-order valence-electron chi connectivity index (χ2n) is 6.24. The molecule has 3 aromatic rings. The van der Waals surface area contributed by atoms with Gasteiger partial charge in [-0.15, -0.1) is 0 Å². The van der Waals surface area contributed by atoms with E-state index in [1.54, 1.807) is 18.6 Å². The molecule has 0 unspecified atom stereocenters. The van der Waals surface area contributed by atoms with E-state index in [9.17, 15) is 4.79 Å². The van der Waals surface area contributed by atoms with Gasteiger partial charge in [-0.3, -0.25) is 4.79 Å². The molecular formula is C17H19N7O. The van der Waals surface area contributed by atoms with Gasteiger partial charge in [0.25, 0.3) is 5.91 Å². The summed E-state index contributed by atoms with van der Waals surface area (Å²) in [5.41, 5.74) is 3.38. The van der Waals surface area contributed by atoms with E-state index in [0.717, 1.165) is 35.8 Å². The first-order valence-corrected chi connectivity index (χ1v) is 8.31. The van der Waals surface area contributed by atoms with Gasteiger partial charge in [-0.05, 0) is 26.7 Å². The molecule has 8 heteroatoms. The number of rotatable bonds is 3. The van der Waals surface area contributed by atoms with Crippen molar-refractivity contribution in [2.45, 2.75) is 26.7 Å². The lowest BCUT2D eigenvalue weighted by atomic mass is 10.4. The number of aromatic nitrogens is 5. The van der Waals surface area contributed by atoms with Crippen LogP contribution in [0.4, 0.5) is 11.5 Å². The van der Waals surface area contributed by atoms with E-state index in [1.165, 1.54) is 12.8 Å². The third kappa shape index (κ3) is 3.02. The van der Waals surface area contributed by atoms with Crippen LogP contribution in [-0.4, -0.2) is 43.3 Å². The Morgan fingerprint density at radius 3 is 2.52 bits per heavy atom. The van der Waals surface area contributed by atoms with Crippen LogP contribution < -0.4 is 10.2 Å². The highest BCUT2D eigenvalue weighted by Crippen LogP contribution is 2.18. The molecule has 4 rings (SSSR count). The highest BCUT2D eigenvalue weighted by Gasteiger charge is 2.16. The Kier molecular flexibility index (Phi) is 3.79. The maximum Gasteiger partial charge on any atom is 0.294 e. The maximum absolute atomic E-state index is 12.4. The molecule has 0 radical (unpaired) electrons. The predicted octanol–water partition coefficient (Wildman–Crippen LogP) is 1.99. The van der Waals surface area contributed by atoms with Crippen molar-refractivity contribution in [1.29, 1.82) is 0 Å². The third-order valence-corrected chi connectivity index (χ3v) is 4.28. The summed E-state index contributed by atoms with van der Waals surface area (Å²) in [6, 6.07) is 0. The summed E-state index contributed by atoms with van der Waals surface area (Å²) in [6.07, 6.45) is 9.40. The van der Waals surface area contributed by atoms with Gasteiger partial charge in [0.2, 0.25) is 5.82 Å². The molecule has 1 fully saturated rings. The number of carbonyl (C=O) groups excluding carboxylic acids is 1. The van der Waals surface area contributed by atoms with Crippen LogP contribution in [0, 0.1) is 13.8 Å². The van der Waals surface area contributed by atoms with Gasteiger partial charge in [0.1, 0.15) is 5.82 Å². The summed E-state index contributed by atoms with van der Waals surface area (Å²) in [4.78, 5) is 31.8. The van der Waals surface area contributed by atoms with Crippen molar-refractivity contribution >= 4 is 23.1 Å². The molecule has 0 spiro atoms. The van der Waals surface area contributed by atoms with Gasteiger partial charge in [0.15, 0.2) is 5.65 Å². The van der Waals surface area contributed by atoms with E-state index in [1.807, 2.05) is 24.4 Å². The standard InChI is InChI=1S/C17H19N7O/c1-11-9-24-10-14(21-12(2)16(24)20-11)22-17(25)15-18-7-13(8-19-15)23-5-3-4-6-23/h7-10H,3-6H2,1-2H3,(H,22,25). The molecule has 0 atom stereocenters. The molecule has 8 nitrogen and oxygen atoms in total. The Balaban J connectivity index is 1.53. The zero-order chi connectivity index (χ0) is 17.4. The first-order valence-electron chi connectivity index (χ1n) is 8.31. The van der Waals surface area contributed by atoms with Crippen molar-refractivity contribution in [1.82, 2.24) is 24.3 Å². The lowest BCUT2D eigenvalue weighted by Gasteiger charge is -2.16.